The molecule has 0 saturated carbocycles. The summed E-state index contributed by atoms with van der Waals surface area (Å²) < 4.78 is 0. The molecule has 0 saturated heterocycles. The summed E-state index contributed by atoms with van der Waals surface area (Å²) in [5.74, 6) is -0.991. The molecular formula is C17H12Cl2O2. The molecule has 0 atom stereocenters. The first-order chi connectivity index (χ1) is 9.88. The standard InChI is InChI=1S/C17H12Cl2O2/c1-8-3-9(2)16-11(4-8)12-5-10(18)6-14(19)17(12)13(16)7-15(20)21/h3-7H,1-2H3,(H,20,21)/b13-7+. The first kappa shape index (κ1) is 14.2. The Kier molecular flexibility index (Phi) is 3.31. The fourth-order valence-electron chi connectivity index (χ4n) is 2.99. The molecule has 2 aromatic rings. The molecule has 0 heterocycles. The van der Waals surface area contributed by atoms with Crippen LogP contribution in [0.3, 0.4) is 0 Å². The van der Waals surface area contributed by atoms with Crippen LogP contribution in [0.4, 0.5) is 0 Å². The molecule has 1 aliphatic rings. The number of aryl methyl sites for hydroxylation is 2. The molecule has 2 aromatic carbocycles. The van der Waals surface area contributed by atoms with Crippen LogP contribution in [0.5, 0.6) is 0 Å². The van der Waals surface area contributed by atoms with E-state index in [0.717, 1.165) is 33.4 Å². The number of aliphatic carboxylic acids is 1. The Labute approximate surface area is 132 Å². The summed E-state index contributed by atoms with van der Waals surface area (Å²) in [4.78, 5) is 11.2. The van der Waals surface area contributed by atoms with Gasteiger partial charge in [-0.05, 0) is 53.8 Å². The molecule has 0 amide bonds. The molecule has 106 valence electrons. The molecule has 0 fully saturated rings. The fourth-order valence-corrected chi connectivity index (χ4v) is 3.59. The number of benzene rings is 2. The zero-order valence-electron chi connectivity index (χ0n) is 11.5. The van der Waals surface area contributed by atoms with Crippen molar-refractivity contribution in [2.24, 2.45) is 0 Å². The highest BCUT2D eigenvalue weighted by atomic mass is 35.5. The molecule has 4 heteroatoms. The largest absolute Gasteiger partial charge is 0.478 e. The van der Waals surface area contributed by atoms with Gasteiger partial charge in [-0.15, -0.1) is 0 Å². The highest BCUT2D eigenvalue weighted by Gasteiger charge is 2.28. The fraction of sp³-hybridized carbons (Fsp3) is 0.118. The molecule has 1 N–H and O–H groups in total. The Bertz CT molecular complexity index is 761. The van der Waals surface area contributed by atoms with E-state index in [1.165, 1.54) is 6.08 Å². The predicted octanol–water partition coefficient (Wildman–Crippen LogP) is 5.11. The lowest BCUT2D eigenvalue weighted by molar-refractivity contribution is -0.131. The first-order valence-corrected chi connectivity index (χ1v) is 7.20. The van der Waals surface area contributed by atoms with Crippen molar-refractivity contribution in [3.8, 4) is 11.1 Å². The van der Waals surface area contributed by atoms with Crippen LogP contribution in [-0.4, -0.2) is 11.1 Å². The van der Waals surface area contributed by atoms with Gasteiger partial charge in [-0.2, -0.15) is 0 Å². The van der Waals surface area contributed by atoms with Crippen LogP contribution in [0.25, 0.3) is 16.7 Å². The Balaban J connectivity index is 2.46. The van der Waals surface area contributed by atoms with Crippen molar-refractivity contribution >= 4 is 34.7 Å². The normalized spacial score (nSPS) is 14.2. The van der Waals surface area contributed by atoms with Crippen molar-refractivity contribution in [1.29, 1.82) is 0 Å². The average Bonchev–Trinajstić information content (AvgIpc) is 2.63. The molecule has 0 radical (unpaired) electrons. The Morgan fingerprint density at radius 3 is 2.38 bits per heavy atom. The molecule has 3 rings (SSSR count). The van der Waals surface area contributed by atoms with Crippen molar-refractivity contribution in [2.45, 2.75) is 13.8 Å². The van der Waals surface area contributed by atoms with E-state index >= 15 is 0 Å². The quantitative estimate of drug-likeness (QED) is 0.633. The zero-order valence-corrected chi connectivity index (χ0v) is 13.0. The molecule has 0 aromatic heterocycles. The third-order valence-corrected chi connectivity index (χ3v) is 4.15. The van der Waals surface area contributed by atoms with Gasteiger partial charge in [0.1, 0.15) is 0 Å². The highest BCUT2D eigenvalue weighted by molar-refractivity contribution is 6.37. The maximum absolute atomic E-state index is 11.2. The van der Waals surface area contributed by atoms with Gasteiger partial charge in [0, 0.05) is 16.7 Å². The molecule has 0 aliphatic heterocycles. The van der Waals surface area contributed by atoms with Gasteiger partial charge in [0.2, 0.25) is 0 Å². The number of rotatable bonds is 1. The average molecular weight is 319 g/mol. The summed E-state index contributed by atoms with van der Waals surface area (Å²) in [5.41, 5.74) is 6.33. The molecule has 1 aliphatic carbocycles. The van der Waals surface area contributed by atoms with E-state index in [4.69, 9.17) is 23.2 Å². The summed E-state index contributed by atoms with van der Waals surface area (Å²) >= 11 is 12.4. The van der Waals surface area contributed by atoms with E-state index in [1.807, 2.05) is 32.0 Å². The third kappa shape index (κ3) is 2.25. The number of carboxylic acids is 1. The molecule has 2 nitrogen and oxygen atoms in total. The second-order valence-corrected chi connectivity index (χ2v) is 6.05. The van der Waals surface area contributed by atoms with Crippen LogP contribution in [-0.2, 0) is 4.79 Å². The van der Waals surface area contributed by atoms with Gasteiger partial charge >= 0.3 is 5.97 Å². The van der Waals surface area contributed by atoms with Crippen LogP contribution >= 0.6 is 23.2 Å². The SMILES string of the molecule is Cc1cc(C)c2c(c1)-c1cc(Cl)cc(Cl)c1/C2=C/C(=O)O. The molecule has 0 unspecified atom stereocenters. The number of hydrogen-bond donors (Lipinski definition) is 1. The maximum Gasteiger partial charge on any atom is 0.328 e. The number of hydrogen-bond acceptors (Lipinski definition) is 1. The monoisotopic (exact) mass is 318 g/mol. The summed E-state index contributed by atoms with van der Waals surface area (Å²) in [6.45, 7) is 3.99. The van der Waals surface area contributed by atoms with E-state index in [1.54, 1.807) is 6.07 Å². The Morgan fingerprint density at radius 2 is 1.71 bits per heavy atom. The maximum atomic E-state index is 11.2. The third-order valence-electron chi connectivity index (χ3n) is 3.63. The minimum absolute atomic E-state index is 0.471. The lowest BCUT2D eigenvalue weighted by Gasteiger charge is -2.07. The van der Waals surface area contributed by atoms with Gasteiger partial charge in [0.25, 0.3) is 0 Å². The van der Waals surface area contributed by atoms with Crippen molar-refractivity contribution in [1.82, 2.24) is 0 Å². The lowest BCUT2D eigenvalue weighted by Crippen LogP contribution is -1.94. The zero-order chi connectivity index (χ0) is 15.3. The van der Waals surface area contributed by atoms with Gasteiger partial charge in [0.15, 0.2) is 0 Å². The van der Waals surface area contributed by atoms with Crippen molar-refractivity contribution in [3.05, 3.63) is 62.6 Å². The Hall–Kier alpha value is -1.77. The van der Waals surface area contributed by atoms with Crippen molar-refractivity contribution in [2.75, 3.05) is 0 Å². The predicted molar refractivity (Wildman–Crippen MR) is 86.1 cm³/mol. The van der Waals surface area contributed by atoms with Gasteiger partial charge in [-0.1, -0.05) is 40.9 Å². The van der Waals surface area contributed by atoms with E-state index in [2.05, 4.69) is 0 Å². The topological polar surface area (TPSA) is 37.3 Å². The van der Waals surface area contributed by atoms with Crippen LogP contribution in [0.2, 0.25) is 10.0 Å². The number of carboxylic acid groups (broad SMARTS) is 1. The first-order valence-electron chi connectivity index (χ1n) is 6.44. The summed E-state index contributed by atoms with van der Waals surface area (Å²) in [6.07, 6.45) is 1.22. The minimum Gasteiger partial charge on any atom is -0.478 e. The lowest BCUT2D eigenvalue weighted by atomic mass is 9.97. The van der Waals surface area contributed by atoms with Crippen LogP contribution in [0.1, 0.15) is 22.3 Å². The van der Waals surface area contributed by atoms with E-state index in [-0.39, 0.29) is 0 Å². The van der Waals surface area contributed by atoms with Crippen LogP contribution in [0, 0.1) is 13.8 Å². The van der Waals surface area contributed by atoms with E-state index in [9.17, 15) is 9.90 Å². The minimum atomic E-state index is -0.991. The number of halogens is 2. The second-order valence-electron chi connectivity index (χ2n) is 5.21. The highest BCUT2D eigenvalue weighted by Crippen LogP contribution is 2.49. The van der Waals surface area contributed by atoms with Gasteiger partial charge in [0.05, 0.1) is 5.02 Å². The van der Waals surface area contributed by atoms with E-state index in [0.29, 0.717) is 15.6 Å². The van der Waals surface area contributed by atoms with Gasteiger partial charge in [-0.25, -0.2) is 4.79 Å². The summed E-state index contributed by atoms with van der Waals surface area (Å²) in [7, 11) is 0. The summed E-state index contributed by atoms with van der Waals surface area (Å²) in [6, 6.07) is 7.56. The van der Waals surface area contributed by atoms with Crippen LogP contribution < -0.4 is 0 Å². The molecule has 0 spiro atoms. The van der Waals surface area contributed by atoms with Crippen molar-refractivity contribution in [3.63, 3.8) is 0 Å². The molecule has 0 bridgehead atoms. The van der Waals surface area contributed by atoms with E-state index < -0.39 is 5.97 Å². The van der Waals surface area contributed by atoms with Gasteiger partial charge < -0.3 is 5.11 Å². The smallest absolute Gasteiger partial charge is 0.328 e. The molecular weight excluding hydrogens is 307 g/mol. The second kappa shape index (κ2) is 4.90. The number of fused-ring (bicyclic) bond motifs is 3. The number of carbonyl (C=O) groups is 1. The Morgan fingerprint density at radius 1 is 1.05 bits per heavy atom. The van der Waals surface area contributed by atoms with Crippen molar-refractivity contribution < 1.29 is 9.90 Å². The van der Waals surface area contributed by atoms with Crippen LogP contribution in [0.15, 0.2) is 30.3 Å². The van der Waals surface area contributed by atoms with Gasteiger partial charge in [-0.3, -0.25) is 0 Å². The molecule has 21 heavy (non-hydrogen) atoms. The summed E-state index contributed by atoms with van der Waals surface area (Å²) in [5, 5.41) is 10.2.